The number of aromatic nitrogens is 12. The molecule has 304 valence electrons. The van der Waals surface area contributed by atoms with E-state index in [0.29, 0.717) is 28.1 Å². The third kappa shape index (κ3) is 9.69. The summed E-state index contributed by atoms with van der Waals surface area (Å²) >= 11 is 0. The molecule has 26 heteroatoms. The first-order chi connectivity index (χ1) is 25.8. The minimum atomic E-state index is -1.13. The van der Waals surface area contributed by atoms with Crippen molar-refractivity contribution in [2.24, 2.45) is 11.5 Å². The van der Waals surface area contributed by atoms with E-state index in [0.717, 1.165) is 10.6 Å². The van der Waals surface area contributed by atoms with Crippen molar-refractivity contribution in [2.75, 3.05) is 24.7 Å². The minimum Gasteiger partial charge on any atom is -0.394 e. The number of imidazole rings is 2. The minimum absolute atomic E-state index is 0. The second kappa shape index (κ2) is 19.4. The van der Waals surface area contributed by atoms with Crippen LogP contribution in [0, 0.1) is 0 Å². The van der Waals surface area contributed by atoms with Crippen LogP contribution in [0.4, 0.5) is 11.6 Å². The normalized spacial score (nSPS) is 23.7. The Hall–Kier alpha value is -6.26. The second-order valence-electron chi connectivity index (χ2n) is 11.4. The SMILES string of the molecule is C.C.N[C@@H]1C(O)[C@H](n2ccc(=O)[nH]c2=O)O[C@@H]1CO.Nc1ncnc2c1ncn2[C@@H]1O[C@H](CO)[C@H](N)C1O.Nc1ncnc2nc[nH]c12.O=c1cc[nH]c(=O)[nH]1. The average Bonchev–Trinajstić information content (AvgIpc) is 3.93. The van der Waals surface area contributed by atoms with Gasteiger partial charge < -0.3 is 62.8 Å². The molecule has 2 unspecified atom stereocenters. The molecule has 8 heterocycles. The van der Waals surface area contributed by atoms with Crippen molar-refractivity contribution in [3.8, 4) is 0 Å². The van der Waals surface area contributed by atoms with Crippen LogP contribution in [-0.4, -0.2) is 129 Å². The van der Waals surface area contributed by atoms with E-state index < -0.39 is 65.9 Å². The van der Waals surface area contributed by atoms with Gasteiger partial charge in [0.05, 0.1) is 38.0 Å². The van der Waals surface area contributed by atoms with Gasteiger partial charge in [0.2, 0.25) is 0 Å². The van der Waals surface area contributed by atoms with Crippen molar-refractivity contribution < 1.29 is 29.9 Å². The third-order valence-corrected chi connectivity index (χ3v) is 7.94. The monoisotopic (exact) mass is 788 g/mol. The van der Waals surface area contributed by atoms with Crippen molar-refractivity contribution in [2.45, 2.75) is 63.8 Å². The number of fused-ring (bicyclic) bond motifs is 2. The predicted octanol–water partition coefficient (Wildman–Crippen LogP) is -4.63. The standard InChI is InChI=1S/C10H14N6O3.C9H13N3O5.C5H5N5.C4H4N2O2.2CH4/c11-5-4(1-17)19-10(7(5)18)16-3-15-6-8(12)13-2-14-9(6)16;10-6-4(3-13)17-8(7(6)15)12-2-1-5(14)11-9(12)16;6-4-3-5(9-1-7-3)10-2-8-4;7-3-1-2-5-4(8)6-3;;/h2-5,7,10,17-18H,1,11H2,(H2,12,13,14);1-2,4,6-8,13,15H,3,10H2,(H,11,14,16);1-2H,(H3,6,7,8,9,10);1-2H,(H2,5,6,7,8);2*1H4/t4-,5+,7?,10-;4-,6+,7?,8-;;;;/m11..../s1. The van der Waals surface area contributed by atoms with Crippen molar-refractivity contribution in [3.05, 3.63) is 91.5 Å². The highest BCUT2D eigenvalue weighted by atomic mass is 16.6. The van der Waals surface area contributed by atoms with Gasteiger partial charge in [0.15, 0.2) is 35.4 Å². The number of anilines is 2. The van der Waals surface area contributed by atoms with Crippen LogP contribution < -0.4 is 45.4 Å². The molecule has 2 saturated heterocycles. The van der Waals surface area contributed by atoms with E-state index in [1.54, 1.807) is 0 Å². The van der Waals surface area contributed by atoms with Gasteiger partial charge >= 0.3 is 11.4 Å². The average molecular weight is 789 g/mol. The molecule has 56 heavy (non-hydrogen) atoms. The number of H-pyrrole nitrogens is 4. The van der Waals surface area contributed by atoms with Gasteiger partial charge in [-0.05, 0) is 0 Å². The Bertz CT molecular complexity index is 2370. The zero-order valence-electron chi connectivity index (χ0n) is 27.8. The van der Waals surface area contributed by atoms with Gasteiger partial charge in [-0.25, -0.2) is 39.5 Å². The summed E-state index contributed by atoms with van der Waals surface area (Å²) in [6.07, 6.45) is 2.96. The summed E-state index contributed by atoms with van der Waals surface area (Å²) in [7, 11) is 0. The predicted molar refractivity (Wildman–Crippen MR) is 198 cm³/mol. The maximum Gasteiger partial charge on any atom is 0.330 e. The van der Waals surface area contributed by atoms with Crippen LogP contribution in [0.1, 0.15) is 27.3 Å². The molecule has 0 radical (unpaired) electrons. The van der Waals surface area contributed by atoms with E-state index in [1.807, 2.05) is 9.97 Å². The van der Waals surface area contributed by atoms with Gasteiger partial charge in [0.25, 0.3) is 11.1 Å². The topological polar surface area (TPSA) is 422 Å². The van der Waals surface area contributed by atoms with Crippen molar-refractivity contribution in [1.82, 2.24) is 59.0 Å². The number of nitrogen functional groups attached to an aromatic ring is 2. The first-order valence-corrected chi connectivity index (χ1v) is 15.7. The highest BCUT2D eigenvalue weighted by molar-refractivity contribution is 5.81. The number of hydrogen-bond acceptors (Lipinski definition) is 20. The summed E-state index contributed by atoms with van der Waals surface area (Å²) in [5.41, 5.74) is 22.6. The molecule has 0 amide bonds. The summed E-state index contributed by atoms with van der Waals surface area (Å²) in [5, 5.41) is 38.0. The van der Waals surface area contributed by atoms with Crippen LogP contribution in [-0.2, 0) is 9.47 Å². The van der Waals surface area contributed by atoms with Gasteiger partial charge in [0, 0.05) is 24.5 Å². The van der Waals surface area contributed by atoms with Crippen LogP contribution in [0.3, 0.4) is 0 Å². The first kappa shape index (κ1) is 44.1. The van der Waals surface area contributed by atoms with E-state index >= 15 is 0 Å². The molecular formula is C30H44N16O10. The first-order valence-electron chi connectivity index (χ1n) is 15.7. The lowest BCUT2D eigenvalue weighted by atomic mass is 10.1. The number of ether oxygens (including phenoxy) is 2. The fraction of sp³-hybridized carbons (Fsp3) is 0.400. The number of nitrogens with zero attached hydrogens (tertiary/aromatic N) is 8. The molecule has 2 fully saturated rings. The van der Waals surface area contributed by atoms with Gasteiger partial charge in [-0.1, -0.05) is 14.9 Å². The Labute approximate surface area is 314 Å². The Morgan fingerprint density at radius 2 is 1.32 bits per heavy atom. The number of aliphatic hydroxyl groups excluding tert-OH is 4. The highest BCUT2D eigenvalue weighted by Crippen LogP contribution is 2.31. The Morgan fingerprint density at radius 1 is 0.732 bits per heavy atom. The Kier molecular flexibility index (Phi) is 15.3. The molecule has 0 aromatic carbocycles. The summed E-state index contributed by atoms with van der Waals surface area (Å²) in [6.45, 7) is -0.620. The van der Waals surface area contributed by atoms with Crippen LogP contribution in [0.25, 0.3) is 22.3 Å². The van der Waals surface area contributed by atoms with Crippen molar-refractivity contribution in [1.29, 1.82) is 0 Å². The fourth-order valence-corrected chi connectivity index (χ4v) is 5.16. The van der Waals surface area contributed by atoms with Crippen LogP contribution in [0.5, 0.6) is 0 Å². The lowest BCUT2D eigenvalue weighted by Gasteiger charge is -2.16. The molecule has 0 saturated carbocycles. The molecular weight excluding hydrogens is 744 g/mol. The third-order valence-electron chi connectivity index (χ3n) is 7.94. The lowest BCUT2D eigenvalue weighted by Crippen LogP contribution is -2.42. The van der Waals surface area contributed by atoms with E-state index in [9.17, 15) is 29.4 Å². The zero-order valence-corrected chi connectivity index (χ0v) is 27.8. The number of rotatable bonds is 4. The van der Waals surface area contributed by atoms with Gasteiger partial charge in [-0.3, -0.25) is 28.7 Å². The smallest absolute Gasteiger partial charge is 0.330 e. The van der Waals surface area contributed by atoms with Crippen molar-refractivity contribution >= 4 is 34.0 Å². The molecule has 0 aliphatic carbocycles. The summed E-state index contributed by atoms with van der Waals surface area (Å²) < 4.78 is 13.3. The maximum absolute atomic E-state index is 11.5. The largest absolute Gasteiger partial charge is 0.394 e. The van der Waals surface area contributed by atoms with E-state index in [-0.39, 0.29) is 39.4 Å². The summed E-state index contributed by atoms with van der Waals surface area (Å²) in [5.74, 6) is 0.682. The van der Waals surface area contributed by atoms with Gasteiger partial charge in [0.1, 0.15) is 48.1 Å². The lowest BCUT2D eigenvalue weighted by molar-refractivity contribution is -0.0532. The molecule has 0 spiro atoms. The molecule has 6 aromatic rings. The molecule has 8 rings (SSSR count). The van der Waals surface area contributed by atoms with Crippen LogP contribution >= 0.6 is 0 Å². The van der Waals surface area contributed by atoms with Crippen molar-refractivity contribution in [3.63, 3.8) is 0 Å². The maximum atomic E-state index is 11.5. The Morgan fingerprint density at radius 3 is 1.86 bits per heavy atom. The van der Waals surface area contributed by atoms with Gasteiger partial charge in [-0.2, -0.15) is 0 Å². The summed E-state index contributed by atoms with van der Waals surface area (Å²) in [6, 6.07) is 0.909. The number of nitrogens with one attached hydrogen (secondary N) is 4. The van der Waals surface area contributed by atoms with E-state index in [1.165, 1.54) is 48.3 Å². The van der Waals surface area contributed by atoms with E-state index in [2.05, 4.69) is 39.9 Å². The highest BCUT2D eigenvalue weighted by Gasteiger charge is 2.43. The molecule has 2 aliphatic rings. The Balaban J connectivity index is 0.000000208. The van der Waals surface area contributed by atoms with Crippen LogP contribution in [0.2, 0.25) is 0 Å². The number of nitrogens with two attached hydrogens (primary N) is 4. The number of aromatic amines is 4. The molecule has 8 atom stereocenters. The molecule has 16 N–H and O–H groups in total. The quantitative estimate of drug-likeness (QED) is 0.0799. The molecule has 2 aliphatic heterocycles. The number of aliphatic hydroxyl groups is 4. The molecule has 0 bridgehead atoms. The number of hydrogen-bond donors (Lipinski definition) is 12. The zero-order chi connectivity index (χ0) is 39.1. The fourth-order valence-electron chi connectivity index (χ4n) is 5.16. The second-order valence-corrected chi connectivity index (χ2v) is 11.4. The molecule has 26 nitrogen and oxygen atoms in total. The van der Waals surface area contributed by atoms with Crippen LogP contribution in [0.15, 0.2) is 69.0 Å². The molecule has 6 aromatic heterocycles. The summed E-state index contributed by atoms with van der Waals surface area (Å²) in [4.78, 5) is 75.4. The van der Waals surface area contributed by atoms with E-state index in [4.69, 9.17) is 42.6 Å². The van der Waals surface area contributed by atoms with Gasteiger partial charge in [-0.15, -0.1) is 0 Å².